The van der Waals surface area contributed by atoms with Crippen molar-refractivity contribution in [2.24, 2.45) is 5.92 Å². The van der Waals surface area contributed by atoms with Gasteiger partial charge in [0.25, 0.3) is 0 Å². The highest BCUT2D eigenvalue weighted by Gasteiger charge is 2.09. The molecule has 1 fully saturated rings. The molecule has 0 bridgehead atoms. The molecule has 4 heteroatoms. The fourth-order valence-corrected chi connectivity index (χ4v) is 0.980. The number of thiol groups is 1. The van der Waals surface area contributed by atoms with E-state index in [-0.39, 0.29) is 0 Å². The van der Waals surface area contributed by atoms with Crippen LogP contribution in [0.15, 0.2) is 0 Å². The van der Waals surface area contributed by atoms with E-state index in [1.165, 1.54) is 7.11 Å². The molecule has 0 amide bonds. The quantitative estimate of drug-likeness (QED) is 0.351. The van der Waals surface area contributed by atoms with Crippen LogP contribution in [0.2, 0.25) is 0 Å². The van der Waals surface area contributed by atoms with Gasteiger partial charge < -0.3 is 14.3 Å². The summed E-state index contributed by atoms with van der Waals surface area (Å²) in [5, 5.41) is 3.19. The molecule has 1 aliphatic rings. The van der Waals surface area contributed by atoms with Gasteiger partial charge in [0.05, 0.1) is 0 Å². The van der Waals surface area contributed by atoms with Crippen molar-refractivity contribution in [3.63, 3.8) is 0 Å². The Morgan fingerprint density at radius 3 is 2.27 bits per heavy atom. The highest BCUT2D eigenvalue weighted by molar-refractivity contribution is 7.75. The van der Waals surface area contributed by atoms with Gasteiger partial charge in [-0.15, -0.1) is 0 Å². The summed E-state index contributed by atoms with van der Waals surface area (Å²) < 4.78 is 3.94. The third kappa shape index (κ3) is 6.34. The first kappa shape index (κ1) is 10.9. The van der Waals surface area contributed by atoms with Gasteiger partial charge in [-0.1, -0.05) is 0 Å². The Morgan fingerprint density at radius 1 is 1.55 bits per heavy atom. The third-order valence-electron chi connectivity index (χ3n) is 1.58. The number of nitrogens with one attached hydrogen (secondary N) is 1. The van der Waals surface area contributed by atoms with Crippen molar-refractivity contribution in [3.8, 4) is 0 Å². The fraction of sp³-hybridized carbons (Fsp3) is 0.857. The minimum Gasteiger partial charge on any atom is -0.322 e. The van der Waals surface area contributed by atoms with Crippen LogP contribution in [-0.2, 0) is 8.98 Å². The van der Waals surface area contributed by atoms with Crippen molar-refractivity contribution in [2.45, 2.75) is 12.8 Å². The molecule has 1 N–H and O–H groups in total. The second-order valence-corrected chi connectivity index (χ2v) is 2.77. The molecular weight excluding hydrogens is 162 g/mol. The van der Waals surface area contributed by atoms with E-state index in [1.807, 2.05) is 0 Å². The van der Waals surface area contributed by atoms with E-state index in [9.17, 15) is 4.79 Å². The SMILES string of the molecule is COS.O=CC1CCNCC1. The second kappa shape index (κ2) is 8.04. The van der Waals surface area contributed by atoms with Crippen LogP contribution in [0, 0.1) is 5.92 Å². The lowest BCUT2D eigenvalue weighted by atomic mass is 10.0. The van der Waals surface area contributed by atoms with Gasteiger partial charge in [0.2, 0.25) is 0 Å². The standard InChI is InChI=1S/C6H11NO.CH4OS/c8-5-6-1-3-7-4-2-6;1-2-3/h5-7H,1-4H2;3H,1H3. The Hall–Kier alpha value is -0.0600. The van der Waals surface area contributed by atoms with E-state index in [4.69, 9.17) is 0 Å². The predicted molar refractivity (Wildman–Crippen MR) is 47.7 cm³/mol. The van der Waals surface area contributed by atoms with Crippen LogP contribution in [-0.4, -0.2) is 26.5 Å². The summed E-state index contributed by atoms with van der Waals surface area (Å²) in [5.41, 5.74) is 0. The normalized spacial score (nSPS) is 18.4. The summed E-state index contributed by atoms with van der Waals surface area (Å²) >= 11 is 3.29. The zero-order chi connectivity index (χ0) is 8.53. The molecule has 0 radical (unpaired) electrons. The molecule has 0 unspecified atom stereocenters. The predicted octanol–water partition coefficient (Wildman–Crippen LogP) is 0.663. The molecule has 0 aromatic carbocycles. The number of carbonyl (C=O) groups is 1. The largest absolute Gasteiger partial charge is 0.322 e. The smallest absolute Gasteiger partial charge is 0.123 e. The second-order valence-electron chi connectivity index (χ2n) is 2.41. The molecule has 66 valence electrons. The maximum absolute atomic E-state index is 10.1. The number of piperidine rings is 1. The molecule has 0 spiro atoms. The molecule has 1 aliphatic heterocycles. The molecule has 0 aromatic rings. The van der Waals surface area contributed by atoms with Crippen molar-refractivity contribution in [1.29, 1.82) is 0 Å². The lowest BCUT2D eigenvalue weighted by molar-refractivity contribution is -0.111. The van der Waals surface area contributed by atoms with E-state index >= 15 is 0 Å². The average Bonchev–Trinajstić information content (AvgIpc) is 2.08. The maximum Gasteiger partial charge on any atom is 0.123 e. The summed E-state index contributed by atoms with van der Waals surface area (Å²) in [6, 6.07) is 0. The number of rotatable bonds is 1. The van der Waals surface area contributed by atoms with Gasteiger partial charge in [-0.05, 0) is 38.8 Å². The first-order valence-electron chi connectivity index (χ1n) is 3.68. The number of aldehydes is 1. The lowest BCUT2D eigenvalue weighted by Gasteiger charge is -2.16. The van der Waals surface area contributed by atoms with E-state index < -0.39 is 0 Å². The van der Waals surface area contributed by atoms with Gasteiger partial charge in [0.1, 0.15) is 6.29 Å². The minimum atomic E-state index is 0.344. The molecule has 0 atom stereocenters. The van der Waals surface area contributed by atoms with Gasteiger partial charge in [-0.2, -0.15) is 0 Å². The Labute approximate surface area is 73.1 Å². The number of carbonyl (C=O) groups excluding carboxylic acids is 1. The van der Waals surface area contributed by atoms with Gasteiger partial charge in [0, 0.05) is 13.0 Å². The highest BCUT2D eigenvalue weighted by atomic mass is 32.1. The Balaban J connectivity index is 0.000000292. The zero-order valence-electron chi connectivity index (χ0n) is 6.75. The van der Waals surface area contributed by atoms with E-state index in [1.54, 1.807) is 0 Å². The van der Waals surface area contributed by atoms with Gasteiger partial charge in [-0.25, -0.2) is 0 Å². The lowest BCUT2D eigenvalue weighted by Crippen LogP contribution is -2.28. The first-order chi connectivity index (χ1) is 5.35. The molecule has 0 saturated carbocycles. The van der Waals surface area contributed by atoms with Crippen LogP contribution in [0.25, 0.3) is 0 Å². The van der Waals surface area contributed by atoms with Crippen molar-refractivity contribution >= 4 is 19.2 Å². The third-order valence-corrected chi connectivity index (χ3v) is 1.58. The first-order valence-corrected chi connectivity index (χ1v) is 4.05. The average molecular weight is 177 g/mol. The van der Waals surface area contributed by atoms with E-state index in [0.717, 1.165) is 32.2 Å². The van der Waals surface area contributed by atoms with Gasteiger partial charge >= 0.3 is 0 Å². The summed E-state index contributed by atoms with van der Waals surface area (Å²) in [6.45, 7) is 2.03. The maximum atomic E-state index is 10.1. The fourth-order valence-electron chi connectivity index (χ4n) is 0.980. The summed E-state index contributed by atoms with van der Waals surface area (Å²) in [7, 11) is 1.49. The Morgan fingerprint density at radius 2 is 2.00 bits per heavy atom. The van der Waals surface area contributed by atoms with Gasteiger partial charge in [0.15, 0.2) is 0 Å². The van der Waals surface area contributed by atoms with E-state index in [0.29, 0.717) is 5.92 Å². The van der Waals surface area contributed by atoms with Crippen LogP contribution < -0.4 is 5.32 Å². The van der Waals surface area contributed by atoms with Crippen molar-refractivity contribution in [1.82, 2.24) is 5.32 Å². The van der Waals surface area contributed by atoms with E-state index in [2.05, 4.69) is 22.4 Å². The van der Waals surface area contributed by atoms with Crippen molar-refractivity contribution < 1.29 is 8.98 Å². The Bertz CT molecular complexity index is 94.4. The summed E-state index contributed by atoms with van der Waals surface area (Å²) in [4.78, 5) is 10.1. The van der Waals surface area contributed by atoms with Crippen LogP contribution in [0.5, 0.6) is 0 Å². The molecular formula is C7H15NO2S. The topological polar surface area (TPSA) is 38.3 Å². The van der Waals surface area contributed by atoms with Crippen LogP contribution >= 0.6 is 12.9 Å². The molecule has 1 heterocycles. The molecule has 3 nitrogen and oxygen atoms in total. The Kier molecular flexibility index (Phi) is 8.00. The van der Waals surface area contributed by atoms with Crippen LogP contribution in [0.3, 0.4) is 0 Å². The minimum absolute atomic E-state index is 0.344. The zero-order valence-corrected chi connectivity index (χ0v) is 7.64. The molecule has 1 saturated heterocycles. The molecule has 0 aromatic heterocycles. The van der Waals surface area contributed by atoms with Gasteiger partial charge in [-0.3, -0.25) is 0 Å². The monoisotopic (exact) mass is 177 g/mol. The van der Waals surface area contributed by atoms with Crippen molar-refractivity contribution in [3.05, 3.63) is 0 Å². The van der Waals surface area contributed by atoms with Crippen LogP contribution in [0.1, 0.15) is 12.8 Å². The van der Waals surface area contributed by atoms with Crippen LogP contribution in [0.4, 0.5) is 0 Å². The number of hydrogen-bond donors (Lipinski definition) is 2. The van der Waals surface area contributed by atoms with Crippen molar-refractivity contribution in [2.75, 3.05) is 20.2 Å². The molecule has 1 rings (SSSR count). The summed E-state index contributed by atoms with van der Waals surface area (Å²) in [5.74, 6) is 0.344. The number of hydrogen-bond acceptors (Lipinski definition) is 4. The molecule has 11 heavy (non-hydrogen) atoms. The molecule has 0 aliphatic carbocycles. The highest BCUT2D eigenvalue weighted by Crippen LogP contribution is 2.06. The summed E-state index contributed by atoms with van der Waals surface area (Å²) in [6.07, 6.45) is 3.13.